The number of nitrogens with zero attached hydrogens (tertiary/aromatic N) is 2. The fourth-order valence-corrected chi connectivity index (χ4v) is 1.97. The standard InChI is InChI=1S/C12H25N3O/c1-12(2,3)10-11(16)15-8-6-14(5-4-13)7-9-15/h4-10,13H2,1-3H3. The molecule has 0 saturated carbocycles. The van der Waals surface area contributed by atoms with E-state index in [0.717, 1.165) is 32.7 Å². The molecule has 0 aromatic carbocycles. The van der Waals surface area contributed by atoms with Gasteiger partial charge in [-0.1, -0.05) is 20.8 Å². The van der Waals surface area contributed by atoms with Crippen LogP contribution in [0.5, 0.6) is 0 Å². The van der Waals surface area contributed by atoms with Crippen molar-refractivity contribution in [2.45, 2.75) is 27.2 Å². The van der Waals surface area contributed by atoms with Gasteiger partial charge in [0.25, 0.3) is 0 Å². The summed E-state index contributed by atoms with van der Waals surface area (Å²) in [6.07, 6.45) is 0.643. The van der Waals surface area contributed by atoms with Crippen LogP contribution in [0.25, 0.3) is 0 Å². The van der Waals surface area contributed by atoms with E-state index in [-0.39, 0.29) is 5.41 Å². The number of amides is 1. The fraction of sp³-hybridized carbons (Fsp3) is 0.917. The lowest BCUT2D eigenvalue weighted by Gasteiger charge is -2.35. The fourth-order valence-electron chi connectivity index (χ4n) is 1.97. The van der Waals surface area contributed by atoms with Crippen LogP contribution < -0.4 is 5.73 Å². The van der Waals surface area contributed by atoms with E-state index < -0.39 is 0 Å². The lowest BCUT2D eigenvalue weighted by molar-refractivity contribution is -0.134. The predicted molar refractivity (Wildman–Crippen MR) is 66.1 cm³/mol. The largest absolute Gasteiger partial charge is 0.340 e. The molecule has 0 aromatic rings. The van der Waals surface area contributed by atoms with Gasteiger partial charge in [-0.3, -0.25) is 9.69 Å². The third-order valence-electron chi connectivity index (χ3n) is 2.85. The molecular formula is C12H25N3O. The van der Waals surface area contributed by atoms with Crippen LogP contribution in [0.15, 0.2) is 0 Å². The van der Waals surface area contributed by atoms with Gasteiger partial charge in [0.1, 0.15) is 0 Å². The maximum Gasteiger partial charge on any atom is 0.223 e. The number of hydrogen-bond acceptors (Lipinski definition) is 3. The minimum Gasteiger partial charge on any atom is -0.340 e. The van der Waals surface area contributed by atoms with Crippen molar-refractivity contribution in [3.8, 4) is 0 Å². The Kier molecular flexibility index (Phi) is 4.74. The topological polar surface area (TPSA) is 49.6 Å². The lowest BCUT2D eigenvalue weighted by atomic mass is 9.91. The van der Waals surface area contributed by atoms with E-state index in [2.05, 4.69) is 25.7 Å². The second-order valence-electron chi connectivity index (χ2n) is 5.75. The maximum absolute atomic E-state index is 12.0. The first-order valence-corrected chi connectivity index (χ1v) is 6.12. The van der Waals surface area contributed by atoms with Gasteiger partial charge in [0.2, 0.25) is 5.91 Å². The van der Waals surface area contributed by atoms with E-state index in [0.29, 0.717) is 18.9 Å². The quantitative estimate of drug-likeness (QED) is 0.765. The number of rotatable bonds is 3. The minimum absolute atomic E-state index is 0.0888. The Hall–Kier alpha value is -0.610. The molecular weight excluding hydrogens is 202 g/mol. The van der Waals surface area contributed by atoms with Crippen LogP contribution >= 0.6 is 0 Å². The Bertz CT molecular complexity index is 227. The minimum atomic E-state index is 0.0888. The molecule has 1 fully saturated rings. The summed E-state index contributed by atoms with van der Waals surface area (Å²) in [6, 6.07) is 0. The summed E-state index contributed by atoms with van der Waals surface area (Å²) in [5.41, 5.74) is 5.60. The molecule has 0 aromatic heterocycles. The van der Waals surface area contributed by atoms with Crippen molar-refractivity contribution in [3.05, 3.63) is 0 Å². The molecule has 4 heteroatoms. The van der Waals surface area contributed by atoms with Crippen molar-refractivity contribution in [1.82, 2.24) is 9.80 Å². The number of carbonyl (C=O) groups is 1. The molecule has 0 spiro atoms. The zero-order valence-electron chi connectivity index (χ0n) is 10.8. The molecule has 0 radical (unpaired) electrons. The highest BCUT2D eigenvalue weighted by atomic mass is 16.2. The number of piperazine rings is 1. The van der Waals surface area contributed by atoms with Crippen LogP contribution in [0.1, 0.15) is 27.2 Å². The van der Waals surface area contributed by atoms with Crippen LogP contribution in [0.4, 0.5) is 0 Å². The Labute approximate surface area is 98.8 Å². The number of hydrogen-bond donors (Lipinski definition) is 1. The second kappa shape index (κ2) is 5.64. The van der Waals surface area contributed by atoms with Crippen LogP contribution in [-0.2, 0) is 4.79 Å². The maximum atomic E-state index is 12.0. The van der Waals surface area contributed by atoms with Crippen molar-refractivity contribution in [2.24, 2.45) is 11.1 Å². The van der Waals surface area contributed by atoms with E-state index in [1.165, 1.54) is 0 Å². The molecule has 16 heavy (non-hydrogen) atoms. The van der Waals surface area contributed by atoms with Crippen LogP contribution in [0, 0.1) is 5.41 Å². The Balaban J connectivity index is 2.33. The molecule has 4 nitrogen and oxygen atoms in total. The van der Waals surface area contributed by atoms with Crippen LogP contribution in [-0.4, -0.2) is 55.0 Å². The molecule has 1 heterocycles. The van der Waals surface area contributed by atoms with Gasteiger partial charge >= 0.3 is 0 Å². The zero-order valence-corrected chi connectivity index (χ0v) is 10.8. The van der Waals surface area contributed by atoms with E-state index in [1.54, 1.807) is 0 Å². The van der Waals surface area contributed by atoms with Crippen molar-refractivity contribution in [1.29, 1.82) is 0 Å². The molecule has 1 rings (SSSR count). The van der Waals surface area contributed by atoms with Crippen LogP contribution in [0.2, 0.25) is 0 Å². The average Bonchev–Trinajstić information content (AvgIpc) is 2.16. The lowest BCUT2D eigenvalue weighted by Crippen LogP contribution is -2.50. The highest BCUT2D eigenvalue weighted by Crippen LogP contribution is 2.20. The monoisotopic (exact) mass is 227 g/mol. The highest BCUT2D eigenvalue weighted by molar-refractivity contribution is 5.76. The molecule has 0 unspecified atom stereocenters. The van der Waals surface area contributed by atoms with Gasteiger partial charge in [-0.25, -0.2) is 0 Å². The molecule has 0 bridgehead atoms. The van der Waals surface area contributed by atoms with Crippen molar-refractivity contribution in [2.75, 3.05) is 39.3 Å². The van der Waals surface area contributed by atoms with E-state index >= 15 is 0 Å². The van der Waals surface area contributed by atoms with Crippen LogP contribution in [0.3, 0.4) is 0 Å². The molecule has 1 aliphatic rings. The van der Waals surface area contributed by atoms with Crippen molar-refractivity contribution in [3.63, 3.8) is 0 Å². The molecule has 0 aliphatic carbocycles. The summed E-state index contributed by atoms with van der Waals surface area (Å²) in [5, 5.41) is 0. The van der Waals surface area contributed by atoms with E-state index in [4.69, 9.17) is 5.73 Å². The third-order valence-corrected chi connectivity index (χ3v) is 2.85. The molecule has 0 atom stereocenters. The number of nitrogens with two attached hydrogens (primary N) is 1. The predicted octanol–water partition coefficient (Wildman–Crippen LogP) is 0.526. The summed E-state index contributed by atoms with van der Waals surface area (Å²) in [7, 11) is 0. The van der Waals surface area contributed by atoms with Gasteiger partial charge in [0.05, 0.1) is 0 Å². The van der Waals surface area contributed by atoms with Crippen molar-refractivity contribution < 1.29 is 4.79 Å². The van der Waals surface area contributed by atoms with Gasteiger partial charge in [-0.05, 0) is 5.41 Å². The zero-order chi connectivity index (χ0) is 12.2. The average molecular weight is 227 g/mol. The first kappa shape index (κ1) is 13.5. The smallest absolute Gasteiger partial charge is 0.223 e. The number of carbonyl (C=O) groups excluding carboxylic acids is 1. The second-order valence-corrected chi connectivity index (χ2v) is 5.75. The van der Waals surface area contributed by atoms with Gasteiger partial charge in [0, 0.05) is 45.7 Å². The Morgan fingerprint density at radius 3 is 2.19 bits per heavy atom. The summed E-state index contributed by atoms with van der Waals surface area (Å²) in [5.74, 6) is 0.292. The normalized spacial score (nSPS) is 18.9. The third kappa shape index (κ3) is 4.49. The summed E-state index contributed by atoms with van der Waals surface area (Å²) < 4.78 is 0. The van der Waals surface area contributed by atoms with E-state index in [1.807, 2.05) is 4.90 Å². The molecule has 1 aliphatic heterocycles. The molecule has 1 amide bonds. The SMILES string of the molecule is CC(C)(C)CC(=O)N1CCN(CCN)CC1. The summed E-state index contributed by atoms with van der Waals surface area (Å²) in [4.78, 5) is 16.3. The van der Waals surface area contributed by atoms with Gasteiger partial charge in [0.15, 0.2) is 0 Å². The van der Waals surface area contributed by atoms with Gasteiger partial charge < -0.3 is 10.6 Å². The first-order valence-electron chi connectivity index (χ1n) is 6.12. The van der Waals surface area contributed by atoms with Crippen molar-refractivity contribution >= 4 is 5.91 Å². The van der Waals surface area contributed by atoms with Gasteiger partial charge in [-0.2, -0.15) is 0 Å². The van der Waals surface area contributed by atoms with Gasteiger partial charge in [-0.15, -0.1) is 0 Å². The summed E-state index contributed by atoms with van der Waals surface area (Å²) in [6.45, 7) is 11.6. The molecule has 1 saturated heterocycles. The molecule has 94 valence electrons. The molecule has 2 N–H and O–H groups in total. The first-order chi connectivity index (χ1) is 7.42. The summed E-state index contributed by atoms with van der Waals surface area (Å²) >= 11 is 0. The Morgan fingerprint density at radius 2 is 1.75 bits per heavy atom. The highest BCUT2D eigenvalue weighted by Gasteiger charge is 2.24. The van der Waals surface area contributed by atoms with E-state index in [9.17, 15) is 4.79 Å². The Morgan fingerprint density at radius 1 is 1.19 bits per heavy atom.